The maximum absolute atomic E-state index is 13.4. The molecule has 4 amide bonds. The summed E-state index contributed by atoms with van der Waals surface area (Å²) in [7, 11) is 1.50. The van der Waals surface area contributed by atoms with Gasteiger partial charge in [-0.15, -0.1) is 0 Å². The smallest absolute Gasteiger partial charge is 0.330 e. The zero-order valence-electron chi connectivity index (χ0n) is 14.6. The summed E-state index contributed by atoms with van der Waals surface area (Å²) < 4.78 is 10.6. The van der Waals surface area contributed by atoms with Gasteiger partial charge in [-0.1, -0.05) is 18.2 Å². The van der Waals surface area contributed by atoms with Crippen LogP contribution < -0.4 is 10.2 Å². The number of carbonyl (C=O) groups is 3. The van der Waals surface area contributed by atoms with Crippen LogP contribution in [0.4, 0.5) is 10.5 Å². The van der Waals surface area contributed by atoms with Gasteiger partial charge >= 0.3 is 6.03 Å². The van der Waals surface area contributed by atoms with E-state index in [-0.39, 0.29) is 26.2 Å². The molecule has 3 aliphatic rings. The first-order chi connectivity index (χ1) is 12.6. The molecule has 0 bridgehead atoms. The number of rotatable bonds is 3. The highest BCUT2D eigenvalue weighted by Crippen LogP contribution is 2.45. The summed E-state index contributed by atoms with van der Waals surface area (Å²) in [5.41, 5.74) is 0.568. The standard InChI is InChI=1S/C18H21N3O5/c1-25-8-6-21-16(23)18(15(22)19-17(21)24)10-12-4-2-3-5-13(12)20-7-9-26-11-14(18)20/h2-5,14H,6-11H2,1H3,(H,19,22,24)/t14-,18+/m1/s1. The van der Waals surface area contributed by atoms with Crippen LogP contribution in [0.15, 0.2) is 24.3 Å². The number of para-hydroxylation sites is 1. The average molecular weight is 359 g/mol. The van der Waals surface area contributed by atoms with E-state index in [1.807, 2.05) is 24.3 Å². The predicted octanol–water partition coefficient (Wildman–Crippen LogP) is 0.159. The fourth-order valence-electron chi connectivity index (χ4n) is 4.20. The molecule has 1 spiro atoms. The van der Waals surface area contributed by atoms with Crippen LogP contribution in [0, 0.1) is 5.41 Å². The van der Waals surface area contributed by atoms with Crippen LogP contribution in [-0.4, -0.2) is 68.8 Å². The van der Waals surface area contributed by atoms with Gasteiger partial charge in [-0.3, -0.25) is 19.8 Å². The van der Waals surface area contributed by atoms with E-state index in [0.29, 0.717) is 13.2 Å². The monoisotopic (exact) mass is 359 g/mol. The van der Waals surface area contributed by atoms with Gasteiger partial charge in [0.2, 0.25) is 11.8 Å². The van der Waals surface area contributed by atoms with E-state index in [1.54, 1.807) is 0 Å². The summed E-state index contributed by atoms with van der Waals surface area (Å²) in [5, 5.41) is 2.38. The lowest BCUT2D eigenvalue weighted by atomic mass is 9.68. The molecular formula is C18H21N3O5. The number of benzene rings is 1. The van der Waals surface area contributed by atoms with E-state index in [2.05, 4.69) is 10.2 Å². The minimum absolute atomic E-state index is 0.103. The fourth-order valence-corrected chi connectivity index (χ4v) is 4.20. The zero-order chi connectivity index (χ0) is 18.3. The van der Waals surface area contributed by atoms with Crippen molar-refractivity contribution in [3.8, 4) is 0 Å². The number of urea groups is 1. The third-order valence-electron chi connectivity index (χ3n) is 5.48. The highest BCUT2D eigenvalue weighted by atomic mass is 16.5. The summed E-state index contributed by atoms with van der Waals surface area (Å²) in [6.07, 6.45) is 0.245. The number of fused-ring (bicyclic) bond motifs is 4. The first-order valence-electron chi connectivity index (χ1n) is 8.68. The van der Waals surface area contributed by atoms with Crippen LogP contribution in [0.2, 0.25) is 0 Å². The quantitative estimate of drug-likeness (QED) is 0.774. The van der Waals surface area contributed by atoms with E-state index in [0.717, 1.165) is 16.2 Å². The molecular weight excluding hydrogens is 338 g/mol. The Bertz CT molecular complexity index is 767. The number of nitrogens with zero attached hydrogens (tertiary/aromatic N) is 2. The van der Waals surface area contributed by atoms with Gasteiger partial charge in [0.25, 0.3) is 0 Å². The number of imide groups is 2. The van der Waals surface area contributed by atoms with Crippen LogP contribution in [0.25, 0.3) is 0 Å². The van der Waals surface area contributed by atoms with Crippen LogP contribution >= 0.6 is 0 Å². The first kappa shape index (κ1) is 17.0. The number of nitrogens with one attached hydrogen (secondary N) is 1. The van der Waals surface area contributed by atoms with Crippen LogP contribution in [0.5, 0.6) is 0 Å². The van der Waals surface area contributed by atoms with Crippen molar-refractivity contribution in [2.75, 3.05) is 44.9 Å². The van der Waals surface area contributed by atoms with Crippen molar-refractivity contribution in [3.63, 3.8) is 0 Å². The van der Waals surface area contributed by atoms with Crippen molar-refractivity contribution in [3.05, 3.63) is 29.8 Å². The first-order valence-corrected chi connectivity index (χ1v) is 8.68. The minimum Gasteiger partial charge on any atom is -0.383 e. The molecule has 138 valence electrons. The topological polar surface area (TPSA) is 88.2 Å². The lowest BCUT2D eigenvalue weighted by Gasteiger charge is -2.53. The molecule has 0 saturated carbocycles. The van der Waals surface area contributed by atoms with Gasteiger partial charge in [-0.05, 0) is 18.1 Å². The van der Waals surface area contributed by atoms with Crippen LogP contribution in [-0.2, 0) is 25.5 Å². The van der Waals surface area contributed by atoms with Crippen molar-refractivity contribution in [2.45, 2.75) is 12.5 Å². The molecule has 0 aliphatic carbocycles. The Morgan fingerprint density at radius 1 is 1.31 bits per heavy atom. The summed E-state index contributed by atoms with van der Waals surface area (Å²) in [4.78, 5) is 41.8. The molecule has 1 aromatic rings. The van der Waals surface area contributed by atoms with E-state index in [9.17, 15) is 14.4 Å². The normalized spacial score (nSPS) is 28.0. The highest BCUT2D eigenvalue weighted by molar-refractivity contribution is 6.20. The highest BCUT2D eigenvalue weighted by Gasteiger charge is 2.62. The number of barbiturate groups is 1. The number of methoxy groups -OCH3 is 1. The SMILES string of the molecule is COCCN1C(=O)NC(=O)[C@@]2(Cc3ccccc3N3CCOC[C@@H]32)C1=O. The molecule has 0 aromatic heterocycles. The number of ether oxygens (including phenoxy) is 2. The Kier molecular flexibility index (Phi) is 4.16. The molecule has 26 heavy (non-hydrogen) atoms. The Labute approximate surface area is 151 Å². The molecule has 1 N–H and O–H groups in total. The number of anilines is 1. The number of morpholine rings is 1. The van der Waals surface area contributed by atoms with Gasteiger partial charge in [-0.2, -0.15) is 0 Å². The number of carbonyl (C=O) groups excluding carboxylic acids is 3. The molecule has 3 aliphatic heterocycles. The molecule has 0 radical (unpaired) electrons. The Hall–Kier alpha value is -2.45. The van der Waals surface area contributed by atoms with E-state index in [4.69, 9.17) is 9.47 Å². The fraction of sp³-hybridized carbons (Fsp3) is 0.500. The van der Waals surface area contributed by atoms with Gasteiger partial charge in [0.15, 0.2) is 5.41 Å². The molecule has 0 unspecified atom stereocenters. The minimum atomic E-state index is -1.38. The van der Waals surface area contributed by atoms with Gasteiger partial charge in [-0.25, -0.2) is 4.79 Å². The van der Waals surface area contributed by atoms with Crippen LogP contribution in [0.1, 0.15) is 5.56 Å². The average Bonchev–Trinajstić information content (AvgIpc) is 2.66. The molecule has 3 heterocycles. The molecule has 2 fully saturated rings. The van der Waals surface area contributed by atoms with Gasteiger partial charge in [0.05, 0.1) is 32.4 Å². The predicted molar refractivity (Wildman–Crippen MR) is 91.7 cm³/mol. The van der Waals surface area contributed by atoms with Crippen molar-refractivity contribution >= 4 is 23.5 Å². The molecule has 8 nitrogen and oxygen atoms in total. The summed E-state index contributed by atoms with van der Waals surface area (Å²) in [5.74, 6) is -1.02. The van der Waals surface area contributed by atoms with Crippen LogP contribution in [0.3, 0.4) is 0 Å². The van der Waals surface area contributed by atoms with Gasteiger partial charge in [0.1, 0.15) is 0 Å². The Morgan fingerprint density at radius 3 is 2.92 bits per heavy atom. The van der Waals surface area contributed by atoms with Gasteiger partial charge in [0, 0.05) is 19.3 Å². The van der Waals surface area contributed by atoms with Crippen molar-refractivity contribution in [1.82, 2.24) is 10.2 Å². The maximum atomic E-state index is 13.4. The van der Waals surface area contributed by atoms with Gasteiger partial charge < -0.3 is 14.4 Å². The second kappa shape index (κ2) is 6.37. The van der Waals surface area contributed by atoms with E-state index < -0.39 is 29.3 Å². The summed E-state index contributed by atoms with van der Waals surface area (Å²) in [6, 6.07) is 6.63. The van der Waals surface area contributed by atoms with E-state index >= 15 is 0 Å². The maximum Gasteiger partial charge on any atom is 0.330 e. The molecule has 4 rings (SSSR count). The second-order valence-electron chi connectivity index (χ2n) is 6.77. The third kappa shape index (κ3) is 2.33. The summed E-state index contributed by atoms with van der Waals surface area (Å²) in [6.45, 7) is 1.70. The van der Waals surface area contributed by atoms with Crippen molar-refractivity contribution in [1.29, 1.82) is 0 Å². The molecule has 1 aromatic carbocycles. The Balaban J connectivity index is 1.81. The Morgan fingerprint density at radius 2 is 2.12 bits per heavy atom. The molecule has 2 saturated heterocycles. The largest absolute Gasteiger partial charge is 0.383 e. The lowest BCUT2D eigenvalue weighted by Crippen LogP contribution is -2.74. The molecule has 2 atom stereocenters. The molecule has 8 heteroatoms. The van der Waals surface area contributed by atoms with E-state index in [1.165, 1.54) is 7.11 Å². The number of hydrogen-bond acceptors (Lipinski definition) is 6. The third-order valence-corrected chi connectivity index (χ3v) is 5.48. The van der Waals surface area contributed by atoms with Crippen molar-refractivity contribution in [2.24, 2.45) is 5.41 Å². The number of amides is 4. The number of hydrogen-bond donors (Lipinski definition) is 1. The van der Waals surface area contributed by atoms with Crippen molar-refractivity contribution < 1.29 is 23.9 Å². The summed E-state index contributed by atoms with van der Waals surface area (Å²) >= 11 is 0. The lowest BCUT2D eigenvalue weighted by molar-refractivity contribution is -0.156. The zero-order valence-corrected chi connectivity index (χ0v) is 14.6. The second-order valence-corrected chi connectivity index (χ2v) is 6.77.